The summed E-state index contributed by atoms with van der Waals surface area (Å²) in [5, 5.41) is 2.62. The van der Waals surface area contributed by atoms with Crippen LogP contribution in [0.15, 0.2) is 60.7 Å². The van der Waals surface area contributed by atoms with Crippen LogP contribution in [0.3, 0.4) is 0 Å². The first kappa shape index (κ1) is 20.9. The van der Waals surface area contributed by atoms with Crippen LogP contribution < -0.4 is 10.4 Å². The van der Waals surface area contributed by atoms with Gasteiger partial charge in [-0.3, -0.25) is 0 Å². The summed E-state index contributed by atoms with van der Waals surface area (Å²) < 4.78 is 13.4. The summed E-state index contributed by atoms with van der Waals surface area (Å²) in [4.78, 5) is 0. The number of hydrogen-bond acceptors (Lipinski definition) is 2. The van der Waals surface area contributed by atoms with Crippen LogP contribution in [0, 0.1) is 11.8 Å². The second-order valence-electron chi connectivity index (χ2n) is 8.50. The maximum Gasteiger partial charge on any atom is 0.261 e. The molecule has 2 nitrogen and oxygen atoms in total. The molecule has 0 N–H and O–H groups in total. The van der Waals surface area contributed by atoms with Gasteiger partial charge in [-0.2, -0.15) is 0 Å². The highest BCUT2D eigenvalue weighted by Gasteiger charge is 2.52. The van der Waals surface area contributed by atoms with Crippen LogP contribution in [-0.2, 0) is 9.16 Å². The van der Waals surface area contributed by atoms with Crippen molar-refractivity contribution in [1.29, 1.82) is 0 Å². The molecule has 0 radical (unpaired) electrons. The second-order valence-corrected chi connectivity index (χ2v) is 12.8. The standard InChI is InChI=1S/C25H32O2Si/c1-5-6-18-23-24(19-13-20-26-23)27-28(25(2,3)4,21-14-9-7-10-15-21)22-16-11-8-12-17-22/h7-12,14-17,23-24H,13,18-20H2,1-4H3/t23-,24+/m0/s1. The molecule has 1 fully saturated rings. The smallest absolute Gasteiger partial charge is 0.261 e. The first-order valence-corrected chi connectivity index (χ1v) is 12.2. The predicted molar refractivity (Wildman–Crippen MR) is 120 cm³/mol. The summed E-state index contributed by atoms with van der Waals surface area (Å²) in [5.74, 6) is 6.23. The molecule has 0 spiro atoms. The van der Waals surface area contributed by atoms with Crippen LogP contribution >= 0.6 is 0 Å². The van der Waals surface area contributed by atoms with Gasteiger partial charge in [-0.15, -0.1) is 11.8 Å². The van der Waals surface area contributed by atoms with E-state index in [0.717, 1.165) is 25.9 Å². The fraction of sp³-hybridized carbons (Fsp3) is 0.440. The topological polar surface area (TPSA) is 18.5 Å². The Hall–Kier alpha value is -1.86. The third-order valence-corrected chi connectivity index (χ3v) is 10.7. The van der Waals surface area contributed by atoms with Crippen LogP contribution in [0.25, 0.3) is 0 Å². The quantitative estimate of drug-likeness (QED) is 0.550. The molecule has 2 aromatic rings. The molecule has 1 aliphatic heterocycles. The van der Waals surface area contributed by atoms with Gasteiger partial charge in [0.05, 0.1) is 12.2 Å². The van der Waals surface area contributed by atoms with Gasteiger partial charge in [0, 0.05) is 13.0 Å². The molecule has 0 aromatic heterocycles. The average Bonchev–Trinajstić information content (AvgIpc) is 2.71. The molecule has 1 heterocycles. The Kier molecular flexibility index (Phi) is 6.77. The zero-order valence-electron chi connectivity index (χ0n) is 17.6. The summed E-state index contributed by atoms with van der Waals surface area (Å²) in [7, 11) is -2.55. The highest BCUT2D eigenvalue weighted by Crippen LogP contribution is 2.39. The second kappa shape index (κ2) is 9.09. The minimum atomic E-state index is -2.55. The Morgan fingerprint density at radius 2 is 1.57 bits per heavy atom. The molecule has 1 saturated heterocycles. The van der Waals surface area contributed by atoms with Crippen LogP contribution in [0.1, 0.15) is 47.0 Å². The summed E-state index contributed by atoms with van der Waals surface area (Å²) >= 11 is 0. The molecular formula is C25H32O2Si. The Balaban J connectivity index is 2.11. The fourth-order valence-electron chi connectivity index (χ4n) is 4.26. The normalized spacial score (nSPS) is 20.3. The maximum absolute atomic E-state index is 7.27. The number of benzene rings is 2. The van der Waals surface area contributed by atoms with Crippen molar-refractivity contribution in [2.75, 3.05) is 6.61 Å². The Morgan fingerprint density at radius 3 is 2.07 bits per heavy atom. The van der Waals surface area contributed by atoms with E-state index in [1.165, 1.54) is 10.4 Å². The van der Waals surface area contributed by atoms with Gasteiger partial charge in [-0.1, -0.05) is 81.4 Å². The van der Waals surface area contributed by atoms with E-state index in [0.29, 0.717) is 0 Å². The van der Waals surface area contributed by atoms with Gasteiger partial charge in [0.1, 0.15) is 0 Å². The first-order valence-electron chi connectivity index (χ1n) is 10.3. The average molecular weight is 393 g/mol. The van der Waals surface area contributed by atoms with E-state index >= 15 is 0 Å². The van der Waals surface area contributed by atoms with Crippen molar-refractivity contribution < 1.29 is 9.16 Å². The van der Waals surface area contributed by atoms with Crippen molar-refractivity contribution in [3.63, 3.8) is 0 Å². The van der Waals surface area contributed by atoms with E-state index < -0.39 is 8.32 Å². The Bertz CT molecular complexity index is 760. The Labute approximate surface area is 171 Å². The summed E-state index contributed by atoms with van der Waals surface area (Å²) in [6, 6.07) is 21.7. The number of hydrogen-bond donors (Lipinski definition) is 0. The SMILES string of the molecule is CC#CC[C@@H]1OCCC[C@H]1O[Si](c1ccccc1)(c1ccccc1)C(C)(C)C. The van der Waals surface area contributed by atoms with Crippen LogP contribution in [0.2, 0.25) is 5.04 Å². The van der Waals surface area contributed by atoms with Gasteiger partial charge >= 0.3 is 0 Å². The monoisotopic (exact) mass is 392 g/mol. The van der Waals surface area contributed by atoms with E-state index in [1.807, 2.05) is 6.92 Å². The molecule has 0 saturated carbocycles. The van der Waals surface area contributed by atoms with Crippen molar-refractivity contribution >= 4 is 18.7 Å². The number of ether oxygens (including phenoxy) is 1. The van der Waals surface area contributed by atoms with Crippen molar-refractivity contribution in [2.24, 2.45) is 0 Å². The van der Waals surface area contributed by atoms with E-state index in [9.17, 15) is 0 Å². The lowest BCUT2D eigenvalue weighted by Crippen LogP contribution is -2.68. The van der Waals surface area contributed by atoms with Crippen molar-refractivity contribution in [3.8, 4) is 11.8 Å². The lowest BCUT2D eigenvalue weighted by atomic mass is 10.0. The molecule has 2 atom stereocenters. The van der Waals surface area contributed by atoms with Gasteiger partial charge < -0.3 is 9.16 Å². The third-order valence-electron chi connectivity index (χ3n) is 5.60. The van der Waals surface area contributed by atoms with Crippen LogP contribution in [0.4, 0.5) is 0 Å². The summed E-state index contributed by atoms with van der Waals surface area (Å²) in [6.45, 7) is 9.66. The molecule has 2 aromatic carbocycles. The molecule has 3 rings (SSSR count). The molecule has 148 valence electrons. The molecule has 1 aliphatic rings. The van der Waals surface area contributed by atoms with Gasteiger partial charge in [0.2, 0.25) is 0 Å². The molecule has 28 heavy (non-hydrogen) atoms. The van der Waals surface area contributed by atoms with Crippen molar-refractivity contribution in [3.05, 3.63) is 60.7 Å². The summed E-state index contributed by atoms with van der Waals surface area (Å²) in [6.07, 6.45) is 2.92. The Morgan fingerprint density at radius 1 is 1.00 bits per heavy atom. The van der Waals surface area contributed by atoms with Crippen LogP contribution in [-0.4, -0.2) is 27.1 Å². The van der Waals surface area contributed by atoms with Crippen LogP contribution in [0.5, 0.6) is 0 Å². The molecule has 3 heteroatoms. The minimum Gasteiger partial charge on any atom is -0.402 e. The van der Waals surface area contributed by atoms with Crippen molar-refractivity contribution in [2.45, 2.75) is 64.2 Å². The zero-order chi connectivity index (χ0) is 20.0. The number of rotatable bonds is 5. The van der Waals surface area contributed by atoms with Gasteiger partial charge in [-0.05, 0) is 35.2 Å². The van der Waals surface area contributed by atoms with Crippen molar-refractivity contribution in [1.82, 2.24) is 0 Å². The fourth-order valence-corrected chi connectivity index (χ4v) is 9.00. The first-order chi connectivity index (χ1) is 13.5. The largest absolute Gasteiger partial charge is 0.402 e. The molecule has 0 unspecified atom stereocenters. The highest BCUT2D eigenvalue weighted by molar-refractivity contribution is 6.99. The minimum absolute atomic E-state index is 0.0197. The maximum atomic E-state index is 7.27. The van der Waals surface area contributed by atoms with E-state index in [4.69, 9.17) is 9.16 Å². The highest BCUT2D eigenvalue weighted by atomic mass is 28.4. The molecule has 0 aliphatic carbocycles. The summed E-state index contributed by atoms with van der Waals surface area (Å²) in [5.41, 5.74) is 0. The molecular weight excluding hydrogens is 360 g/mol. The zero-order valence-corrected chi connectivity index (χ0v) is 18.6. The van der Waals surface area contributed by atoms with E-state index in [2.05, 4.69) is 93.3 Å². The van der Waals surface area contributed by atoms with Gasteiger partial charge in [-0.25, -0.2) is 0 Å². The van der Waals surface area contributed by atoms with E-state index in [-0.39, 0.29) is 17.2 Å². The third kappa shape index (κ3) is 4.25. The van der Waals surface area contributed by atoms with Gasteiger partial charge in [0.25, 0.3) is 8.32 Å². The van der Waals surface area contributed by atoms with E-state index in [1.54, 1.807) is 0 Å². The van der Waals surface area contributed by atoms with Gasteiger partial charge in [0.15, 0.2) is 0 Å². The lowest BCUT2D eigenvalue weighted by Gasteiger charge is -2.47. The molecule has 0 bridgehead atoms. The lowest BCUT2D eigenvalue weighted by molar-refractivity contribution is -0.0629. The molecule has 0 amide bonds. The predicted octanol–water partition coefficient (Wildman–Crippen LogP) is 4.52.